The minimum atomic E-state index is -0.345. The summed E-state index contributed by atoms with van der Waals surface area (Å²) in [5.41, 5.74) is 9.80. The van der Waals surface area contributed by atoms with Crippen LogP contribution in [0.4, 0.5) is 11.6 Å². The minimum absolute atomic E-state index is 0.0514. The number of aryl methyl sites for hydroxylation is 1. The number of nitrogen functional groups attached to an aromatic ring is 1. The molecule has 1 saturated carbocycles. The Labute approximate surface area is 206 Å². The highest BCUT2D eigenvalue weighted by atomic mass is 16.1. The van der Waals surface area contributed by atoms with Crippen molar-refractivity contribution in [1.82, 2.24) is 39.3 Å². The highest BCUT2D eigenvalue weighted by Gasteiger charge is 2.31. The van der Waals surface area contributed by atoms with Crippen LogP contribution in [0, 0.1) is 0 Å². The van der Waals surface area contributed by atoms with E-state index < -0.39 is 0 Å². The zero-order chi connectivity index (χ0) is 24.8. The quantitative estimate of drug-likeness (QED) is 0.375. The van der Waals surface area contributed by atoms with E-state index in [1.54, 1.807) is 23.3 Å². The van der Waals surface area contributed by atoms with Crippen LogP contribution in [0.2, 0.25) is 0 Å². The molecule has 1 aliphatic rings. The molecule has 6 rings (SSSR count). The average molecular weight is 481 g/mol. The highest BCUT2D eigenvalue weighted by molar-refractivity contribution is 5.93. The summed E-state index contributed by atoms with van der Waals surface area (Å²) in [5, 5.41) is 8.29. The van der Waals surface area contributed by atoms with Gasteiger partial charge in [-0.05, 0) is 31.4 Å². The van der Waals surface area contributed by atoms with Gasteiger partial charge in [0, 0.05) is 42.8 Å². The van der Waals surface area contributed by atoms with Crippen molar-refractivity contribution >= 4 is 22.5 Å². The second-order valence-corrected chi connectivity index (χ2v) is 8.95. The molecule has 11 heteroatoms. The van der Waals surface area contributed by atoms with Gasteiger partial charge in [0.05, 0.1) is 28.7 Å². The van der Waals surface area contributed by atoms with Gasteiger partial charge in [-0.1, -0.05) is 12.1 Å². The number of nitrogens with zero attached hydrogens (tertiary/aromatic N) is 8. The number of hydrogen-bond acceptors (Lipinski definition) is 9. The number of anilines is 2. The van der Waals surface area contributed by atoms with Gasteiger partial charge >= 0.3 is 0 Å². The SMILES string of the molecule is C[C@H](Nc1ncnc(N)c1-c1cncnc1)c1nc2cccc(-c3cnn(C)c3)c2c(=O)n1C1CC1. The number of fused-ring (bicyclic) bond motifs is 1. The van der Waals surface area contributed by atoms with Crippen LogP contribution in [0.15, 0.2) is 60.4 Å². The molecular formula is C25H24N10O. The molecule has 0 amide bonds. The summed E-state index contributed by atoms with van der Waals surface area (Å²) in [7, 11) is 1.86. The minimum Gasteiger partial charge on any atom is -0.383 e. The van der Waals surface area contributed by atoms with Gasteiger partial charge in [-0.25, -0.2) is 24.9 Å². The molecule has 180 valence electrons. The molecule has 11 nitrogen and oxygen atoms in total. The lowest BCUT2D eigenvalue weighted by Gasteiger charge is -2.21. The zero-order valence-electron chi connectivity index (χ0n) is 19.8. The number of rotatable bonds is 6. The normalized spacial score (nSPS) is 14.2. The topological polar surface area (TPSA) is 142 Å². The van der Waals surface area contributed by atoms with Gasteiger partial charge in [-0.3, -0.25) is 14.0 Å². The number of hydrogen-bond donors (Lipinski definition) is 2. The van der Waals surface area contributed by atoms with Gasteiger partial charge in [0.1, 0.15) is 30.1 Å². The van der Waals surface area contributed by atoms with Gasteiger partial charge in [0.15, 0.2) is 0 Å². The number of aromatic nitrogens is 8. The van der Waals surface area contributed by atoms with Gasteiger partial charge in [0.2, 0.25) is 0 Å². The highest BCUT2D eigenvalue weighted by Crippen LogP contribution is 2.38. The third-order valence-corrected chi connectivity index (χ3v) is 6.35. The summed E-state index contributed by atoms with van der Waals surface area (Å²) in [5.74, 6) is 1.47. The van der Waals surface area contributed by atoms with Crippen LogP contribution in [0.1, 0.15) is 37.7 Å². The van der Waals surface area contributed by atoms with Crippen molar-refractivity contribution in [3.05, 3.63) is 71.8 Å². The van der Waals surface area contributed by atoms with E-state index in [9.17, 15) is 4.79 Å². The fourth-order valence-electron chi connectivity index (χ4n) is 4.54. The summed E-state index contributed by atoms with van der Waals surface area (Å²) in [6.07, 6.45) is 11.7. The summed E-state index contributed by atoms with van der Waals surface area (Å²) < 4.78 is 3.56. The van der Waals surface area contributed by atoms with E-state index in [1.165, 1.54) is 12.7 Å². The Balaban J connectivity index is 1.47. The average Bonchev–Trinajstić information content (AvgIpc) is 3.63. The fourth-order valence-corrected chi connectivity index (χ4v) is 4.54. The Morgan fingerprint density at radius 3 is 2.61 bits per heavy atom. The second kappa shape index (κ2) is 8.52. The molecule has 0 saturated heterocycles. The molecule has 0 radical (unpaired) electrons. The first-order chi connectivity index (χ1) is 17.5. The predicted molar refractivity (Wildman–Crippen MR) is 136 cm³/mol. The lowest BCUT2D eigenvalue weighted by Crippen LogP contribution is -2.28. The number of nitrogens with two attached hydrogens (primary N) is 1. The molecule has 1 aliphatic carbocycles. The van der Waals surface area contributed by atoms with Gasteiger partial charge < -0.3 is 11.1 Å². The van der Waals surface area contributed by atoms with Gasteiger partial charge in [-0.2, -0.15) is 5.10 Å². The van der Waals surface area contributed by atoms with Crippen LogP contribution in [-0.2, 0) is 7.05 Å². The molecule has 4 aromatic heterocycles. The molecule has 0 aliphatic heterocycles. The van der Waals surface area contributed by atoms with Crippen LogP contribution < -0.4 is 16.6 Å². The Hall–Kier alpha value is -4.67. The smallest absolute Gasteiger partial charge is 0.262 e. The van der Waals surface area contributed by atoms with E-state index >= 15 is 0 Å². The molecular weight excluding hydrogens is 456 g/mol. The second-order valence-electron chi connectivity index (χ2n) is 8.95. The van der Waals surface area contributed by atoms with E-state index in [-0.39, 0.29) is 17.6 Å². The number of benzene rings is 1. The van der Waals surface area contributed by atoms with E-state index in [2.05, 4.69) is 30.4 Å². The summed E-state index contributed by atoms with van der Waals surface area (Å²) >= 11 is 0. The Morgan fingerprint density at radius 1 is 1.08 bits per heavy atom. The third kappa shape index (κ3) is 3.74. The monoisotopic (exact) mass is 480 g/mol. The standard InChI is InChI=1S/C25H24N10O/c1-14(32-23-20(22(26)29-13-30-23)15-8-27-12-28-9-15)24-33-19-5-3-4-18(16-10-31-34(2)11-16)21(19)25(36)35(24)17-6-7-17/h3-5,8-14,17H,6-7H2,1-2H3,(H3,26,29,30,32)/t14-/m0/s1. The van der Waals surface area contributed by atoms with Crippen LogP contribution in [0.5, 0.6) is 0 Å². The molecule has 4 heterocycles. The lowest BCUT2D eigenvalue weighted by molar-refractivity contribution is 0.610. The maximum Gasteiger partial charge on any atom is 0.262 e. The molecule has 0 unspecified atom stereocenters. The number of nitrogens with one attached hydrogen (secondary N) is 1. The summed E-state index contributed by atoms with van der Waals surface area (Å²) in [4.78, 5) is 35.7. The van der Waals surface area contributed by atoms with Crippen LogP contribution in [0.3, 0.4) is 0 Å². The summed E-state index contributed by atoms with van der Waals surface area (Å²) in [6.45, 7) is 1.96. The van der Waals surface area contributed by atoms with Crippen molar-refractivity contribution in [3.63, 3.8) is 0 Å². The summed E-state index contributed by atoms with van der Waals surface area (Å²) in [6, 6.07) is 5.51. The fraction of sp³-hybridized carbons (Fsp3) is 0.240. The van der Waals surface area contributed by atoms with Crippen molar-refractivity contribution in [3.8, 4) is 22.3 Å². The van der Waals surface area contributed by atoms with Gasteiger partial charge in [0.25, 0.3) is 5.56 Å². The Kier molecular flexibility index (Phi) is 5.17. The molecule has 5 aromatic rings. The molecule has 3 N–H and O–H groups in total. The maximum atomic E-state index is 13.9. The molecule has 0 bridgehead atoms. The first-order valence-corrected chi connectivity index (χ1v) is 11.7. The molecule has 1 fully saturated rings. The van der Waals surface area contributed by atoms with Crippen molar-refractivity contribution < 1.29 is 0 Å². The molecule has 0 spiro atoms. The van der Waals surface area contributed by atoms with Crippen molar-refractivity contribution in [2.24, 2.45) is 7.05 Å². The van der Waals surface area contributed by atoms with E-state index in [4.69, 9.17) is 10.7 Å². The van der Waals surface area contributed by atoms with Crippen LogP contribution >= 0.6 is 0 Å². The largest absolute Gasteiger partial charge is 0.383 e. The Bertz CT molecular complexity index is 1640. The van der Waals surface area contributed by atoms with Crippen molar-refractivity contribution in [2.75, 3.05) is 11.1 Å². The third-order valence-electron chi connectivity index (χ3n) is 6.35. The predicted octanol–water partition coefficient (Wildman–Crippen LogP) is 3.13. The van der Waals surface area contributed by atoms with Crippen molar-refractivity contribution in [2.45, 2.75) is 31.8 Å². The lowest BCUT2D eigenvalue weighted by atomic mass is 10.0. The molecule has 1 aromatic carbocycles. The zero-order valence-corrected chi connectivity index (χ0v) is 19.8. The van der Waals surface area contributed by atoms with Crippen LogP contribution in [0.25, 0.3) is 33.2 Å². The maximum absolute atomic E-state index is 13.9. The Morgan fingerprint density at radius 2 is 1.89 bits per heavy atom. The van der Waals surface area contributed by atoms with E-state index in [1.807, 2.05) is 42.9 Å². The first kappa shape index (κ1) is 21.8. The molecule has 1 atom stereocenters. The molecule has 36 heavy (non-hydrogen) atoms. The van der Waals surface area contributed by atoms with E-state index in [0.29, 0.717) is 39.5 Å². The van der Waals surface area contributed by atoms with Crippen LogP contribution in [-0.4, -0.2) is 39.3 Å². The van der Waals surface area contributed by atoms with Crippen molar-refractivity contribution in [1.29, 1.82) is 0 Å². The van der Waals surface area contributed by atoms with Gasteiger partial charge in [-0.15, -0.1) is 0 Å². The first-order valence-electron chi connectivity index (χ1n) is 11.7. The van der Waals surface area contributed by atoms with E-state index in [0.717, 1.165) is 24.0 Å².